The molecular weight excluding hydrogens is 341 g/mol. The van der Waals surface area contributed by atoms with Gasteiger partial charge in [0.05, 0.1) is 5.75 Å². The quantitative estimate of drug-likeness (QED) is 0.822. The van der Waals surface area contributed by atoms with E-state index >= 15 is 0 Å². The summed E-state index contributed by atoms with van der Waals surface area (Å²) in [4.78, 5) is 12.2. The number of hydrogen-bond donors (Lipinski definition) is 1. The molecule has 0 bridgehead atoms. The Kier molecular flexibility index (Phi) is 6.31. The summed E-state index contributed by atoms with van der Waals surface area (Å²) in [6, 6.07) is 15.3. The molecule has 0 saturated heterocycles. The van der Waals surface area contributed by atoms with Crippen LogP contribution in [0.3, 0.4) is 0 Å². The lowest BCUT2D eigenvalue weighted by Gasteiger charge is -2.17. The maximum Gasteiger partial charge on any atom is 0.238 e. The van der Waals surface area contributed by atoms with E-state index in [2.05, 4.69) is 5.32 Å². The van der Waals surface area contributed by atoms with Gasteiger partial charge in [-0.25, -0.2) is 12.8 Å². The minimum absolute atomic E-state index is 0.0617. The van der Waals surface area contributed by atoms with E-state index < -0.39 is 32.6 Å². The van der Waals surface area contributed by atoms with E-state index in [4.69, 9.17) is 0 Å². The molecule has 0 heterocycles. The second kappa shape index (κ2) is 8.25. The minimum atomic E-state index is -3.80. The van der Waals surface area contributed by atoms with E-state index in [1.54, 1.807) is 6.07 Å². The van der Waals surface area contributed by atoms with E-state index in [1.807, 2.05) is 37.3 Å². The molecule has 0 fully saturated rings. The minimum Gasteiger partial charge on any atom is -0.354 e. The molecule has 0 aromatic heterocycles. The largest absolute Gasteiger partial charge is 0.354 e. The first-order chi connectivity index (χ1) is 11.8. The van der Waals surface area contributed by atoms with Crippen LogP contribution < -0.4 is 5.32 Å². The summed E-state index contributed by atoms with van der Waals surface area (Å²) in [5.74, 6) is -1.59. The van der Waals surface area contributed by atoms with Gasteiger partial charge in [-0.2, -0.15) is 0 Å². The Morgan fingerprint density at radius 2 is 1.64 bits per heavy atom. The number of carbonyl (C=O) groups excluding carboxylic acids is 1. The highest BCUT2D eigenvalue weighted by atomic mass is 32.2. The molecule has 25 heavy (non-hydrogen) atoms. The molecule has 1 N–H and O–H groups in total. The number of rotatable bonds is 7. The van der Waals surface area contributed by atoms with Crippen molar-refractivity contribution in [2.75, 3.05) is 6.54 Å². The fraction of sp³-hybridized carbons (Fsp3) is 0.316. The van der Waals surface area contributed by atoms with Crippen LogP contribution in [0.25, 0.3) is 0 Å². The summed E-state index contributed by atoms with van der Waals surface area (Å²) in [6.45, 7) is 3.62. The van der Waals surface area contributed by atoms with Crippen molar-refractivity contribution in [2.45, 2.75) is 30.8 Å². The van der Waals surface area contributed by atoms with Gasteiger partial charge >= 0.3 is 0 Å². The lowest BCUT2D eigenvalue weighted by molar-refractivity contribution is -0.120. The molecule has 0 radical (unpaired) electrons. The molecule has 2 unspecified atom stereocenters. The molecule has 0 saturated carbocycles. The summed E-state index contributed by atoms with van der Waals surface area (Å²) >= 11 is 0. The molecule has 6 heteroatoms. The highest BCUT2D eigenvalue weighted by Crippen LogP contribution is 2.16. The Balaban J connectivity index is 1.97. The fourth-order valence-electron chi connectivity index (χ4n) is 2.42. The van der Waals surface area contributed by atoms with Crippen LogP contribution in [-0.4, -0.2) is 26.1 Å². The van der Waals surface area contributed by atoms with Gasteiger partial charge in [0.1, 0.15) is 11.1 Å². The van der Waals surface area contributed by atoms with Crippen LogP contribution in [0.15, 0.2) is 54.6 Å². The highest BCUT2D eigenvalue weighted by molar-refractivity contribution is 7.92. The molecular formula is C19H22FNO3S. The van der Waals surface area contributed by atoms with Crippen molar-refractivity contribution in [3.8, 4) is 0 Å². The van der Waals surface area contributed by atoms with Gasteiger partial charge in [-0.15, -0.1) is 0 Å². The monoisotopic (exact) mass is 363 g/mol. The maximum absolute atomic E-state index is 13.7. The van der Waals surface area contributed by atoms with Gasteiger partial charge in [-0.1, -0.05) is 55.5 Å². The average molecular weight is 363 g/mol. The SMILES string of the molecule is CC(CNC(=O)C(C)S(=O)(=O)Cc1ccccc1F)c1ccccc1. The lowest BCUT2D eigenvalue weighted by Crippen LogP contribution is -2.40. The van der Waals surface area contributed by atoms with Crippen molar-refractivity contribution in [3.05, 3.63) is 71.5 Å². The smallest absolute Gasteiger partial charge is 0.238 e. The van der Waals surface area contributed by atoms with Crippen LogP contribution in [-0.2, 0) is 20.4 Å². The third-order valence-electron chi connectivity index (χ3n) is 4.17. The summed E-state index contributed by atoms with van der Waals surface area (Å²) in [6.07, 6.45) is 0. The molecule has 0 aliphatic rings. The van der Waals surface area contributed by atoms with Crippen LogP contribution in [0, 0.1) is 5.82 Å². The number of sulfone groups is 1. The third-order valence-corrected chi connectivity index (χ3v) is 6.18. The number of hydrogen-bond acceptors (Lipinski definition) is 3. The number of halogens is 1. The van der Waals surface area contributed by atoms with Crippen LogP contribution in [0.5, 0.6) is 0 Å². The topological polar surface area (TPSA) is 63.2 Å². The molecule has 134 valence electrons. The first kappa shape index (κ1) is 19.1. The first-order valence-electron chi connectivity index (χ1n) is 8.09. The molecule has 2 atom stereocenters. The average Bonchev–Trinajstić information content (AvgIpc) is 2.61. The predicted molar refractivity (Wildman–Crippen MR) is 96.4 cm³/mol. The van der Waals surface area contributed by atoms with Gasteiger partial charge < -0.3 is 5.32 Å². The Morgan fingerprint density at radius 1 is 1.04 bits per heavy atom. The van der Waals surface area contributed by atoms with E-state index in [9.17, 15) is 17.6 Å². The van der Waals surface area contributed by atoms with Crippen molar-refractivity contribution in [1.29, 1.82) is 0 Å². The van der Waals surface area contributed by atoms with Gasteiger partial charge in [0.15, 0.2) is 9.84 Å². The zero-order chi connectivity index (χ0) is 18.4. The Bertz CT molecular complexity index is 822. The third kappa shape index (κ3) is 5.13. The highest BCUT2D eigenvalue weighted by Gasteiger charge is 2.29. The predicted octanol–water partition coefficient (Wildman–Crippen LogP) is 3.05. The zero-order valence-corrected chi connectivity index (χ0v) is 15.1. The zero-order valence-electron chi connectivity index (χ0n) is 14.3. The summed E-state index contributed by atoms with van der Waals surface area (Å²) in [7, 11) is -3.80. The van der Waals surface area contributed by atoms with Crippen LogP contribution in [0.1, 0.15) is 30.9 Å². The Labute approximate surface area is 148 Å². The summed E-state index contributed by atoms with van der Waals surface area (Å²) < 4.78 is 38.4. The lowest BCUT2D eigenvalue weighted by atomic mass is 10.0. The summed E-state index contributed by atoms with van der Waals surface area (Å²) in [5.41, 5.74) is 1.13. The van der Waals surface area contributed by atoms with Crippen molar-refractivity contribution < 1.29 is 17.6 Å². The Hall–Kier alpha value is -2.21. The van der Waals surface area contributed by atoms with Crippen molar-refractivity contribution in [1.82, 2.24) is 5.32 Å². The molecule has 0 aliphatic carbocycles. The van der Waals surface area contributed by atoms with Gasteiger partial charge in [-0.05, 0) is 24.5 Å². The molecule has 1 amide bonds. The molecule has 2 aromatic rings. The number of amides is 1. The van der Waals surface area contributed by atoms with Gasteiger partial charge in [-0.3, -0.25) is 4.79 Å². The Morgan fingerprint density at radius 3 is 2.28 bits per heavy atom. The maximum atomic E-state index is 13.7. The van der Waals surface area contributed by atoms with Crippen molar-refractivity contribution in [2.24, 2.45) is 0 Å². The van der Waals surface area contributed by atoms with E-state index in [-0.39, 0.29) is 11.5 Å². The molecule has 0 spiro atoms. The van der Waals surface area contributed by atoms with Crippen LogP contribution >= 0.6 is 0 Å². The molecule has 2 aromatic carbocycles. The second-order valence-electron chi connectivity index (χ2n) is 6.10. The molecule has 0 aliphatic heterocycles. The van der Waals surface area contributed by atoms with Crippen LogP contribution in [0.2, 0.25) is 0 Å². The number of nitrogens with one attached hydrogen (secondary N) is 1. The van der Waals surface area contributed by atoms with E-state index in [0.717, 1.165) is 5.56 Å². The standard InChI is InChI=1S/C19H22FNO3S/c1-14(16-8-4-3-5-9-16)12-21-19(22)15(2)25(23,24)13-17-10-6-7-11-18(17)20/h3-11,14-15H,12-13H2,1-2H3,(H,21,22). The van der Waals surface area contributed by atoms with Gasteiger partial charge in [0.25, 0.3) is 0 Å². The molecule has 4 nitrogen and oxygen atoms in total. The van der Waals surface area contributed by atoms with Gasteiger partial charge in [0, 0.05) is 12.1 Å². The first-order valence-corrected chi connectivity index (χ1v) is 9.80. The fourth-order valence-corrected chi connectivity index (χ4v) is 3.74. The molecule has 2 rings (SSSR count). The van der Waals surface area contributed by atoms with E-state index in [0.29, 0.717) is 6.54 Å². The van der Waals surface area contributed by atoms with E-state index in [1.165, 1.54) is 25.1 Å². The van der Waals surface area contributed by atoms with Crippen molar-refractivity contribution >= 4 is 15.7 Å². The van der Waals surface area contributed by atoms with Gasteiger partial charge in [0.2, 0.25) is 5.91 Å². The van der Waals surface area contributed by atoms with Crippen LogP contribution in [0.4, 0.5) is 4.39 Å². The number of carbonyl (C=O) groups is 1. The summed E-state index contributed by atoms with van der Waals surface area (Å²) in [5, 5.41) is 1.43. The second-order valence-corrected chi connectivity index (χ2v) is 8.42. The van der Waals surface area contributed by atoms with Crippen molar-refractivity contribution in [3.63, 3.8) is 0 Å². The normalized spacial score (nSPS) is 13.9. The number of benzene rings is 2.